The fourth-order valence-electron chi connectivity index (χ4n) is 2.06. The summed E-state index contributed by atoms with van der Waals surface area (Å²) < 4.78 is 5.30. The molecule has 2 rings (SSSR count). The van der Waals surface area contributed by atoms with Crippen LogP contribution in [0, 0.1) is 5.92 Å². The van der Waals surface area contributed by atoms with Gasteiger partial charge in [-0.25, -0.2) is 0 Å². The lowest BCUT2D eigenvalue weighted by Gasteiger charge is -2.09. The van der Waals surface area contributed by atoms with Crippen LogP contribution >= 0.6 is 0 Å². The van der Waals surface area contributed by atoms with Gasteiger partial charge >= 0.3 is 0 Å². The van der Waals surface area contributed by atoms with Crippen LogP contribution in [-0.4, -0.2) is 7.11 Å². The smallest absolute Gasteiger partial charge is 0.122 e. The number of ether oxygens (including phenoxy) is 1. The van der Waals surface area contributed by atoms with Crippen molar-refractivity contribution in [1.82, 2.24) is 0 Å². The molecule has 1 aromatic carbocycles. The van der Waals surface area contributed by atoms with Gasteiger partial charge in [-0.15, -0.1) is 0 Å². The summed E-state index contributed by atoms with van der Waals surface area (Å²) in [6.07, 6.45) is 1.04. The Morgan fingerprint density at radius 1 is 1.46 bits per heavy atom. The Kier molecular flexibility index (Phi) is 2.00. The van der Waals surface area contributed by atoms with Crippen LogP contribution in [0.3, 0.4) is 0 Å². The van der Waals surface area contributed by atoms with Gasteiger partial charge in [0, 0.05) is 6.04 Å². The normalized spacial score (nSPS) is 25.8. The molecule has 0 bridgehead atoms. The standard InChI is InChI=1S/C11H15NO/c1-7-6-9-8(11(7)12)4-3-5-10(9)13-2/h3-5,7,11H,6,12H2,1-2H3. The van der Waals surface area contributed by atoms with E-state index in [0.717, 1.165) is 12.2 Å². The Morgan fingerprint density at radius 3 is 2.92 bits per heavy atom. The quantitative estimate of drug-likeness (QED) is 0.711. The maximum absolute atomic E-state index is 6.06. The monoisotopic (exact) mass is 177 g/mol. The van der Waals surface area contributed by atoms with Gasteiger partial charge in [0.2, 0.25) is 0 Å². The summed E-state index contributed by atoms with van der Waals surface area (Å²) in [6.45, 7) is 2.18. The zero-order valence-corrected chi connectivity index (χ0v) is 8.08. The van der Waals surface area contributed by atoms with Crippen molar-refractivity contribution in [2.24, 2.45) is 11.7 Å². The van der Waals surface area contributed by atoms with E-state index in [1.54, 1.807) is 7.11 Å². The van der Waals surface area contributed by atoms with E-state index in [-0.39, 0.29) is 6.04 Å². The Labute approximate surface area is 78.7 Å². The second kappa shape index (κ2) is 3.04. The van der Waals surface area contributed by atoms with E-state index < -0.39 is 0 Å². The molecule has 0 fully saturated rings. The van der Waals surface area contributed by atoms with Crippen molar-refractivity contribution in [1.29, 1.82) is 0 Å². The van der Waals surface area contributed by atoms with Crippen LogP contribution in [0.2, 0.25) is 0 Å². The molecule has 0 saturated heterocycles. The molecule has 2 unspecified atom stereocenters. The zero-order valence-electron chi connectivity index (χ0n) is 8.08. The highest BCUT2D eigenvalue weighted by Crippen LogP contribution is 2.38. The number of fused-ring (bicyclic) bond motifs is 1. The zero-order chi connectivity index (χ0) is 9.42. The minimum absolute atomic E-state index is 0.185. The van der Waals surface area contributed by atoms with Crippen molar-refractivity contribution in [2.45, 2.75) is 19.4 Å². The van der Waals surface area contributed by atoms with Gasteiger partial charge in [0.1, 0.15) is 5.75 Å². The first kappa shape index (κ1) is 8.57. The molecule has 2 heteroatoms. The number of hydrogen-bond donors (Lipinski definition) is 1. The van der Waals surface area contributed by atoms with Crippen molar-refractivity contribution in [3.63, 3.8) is 0 Å². The summed E-state index contributed by atoms with van der Waals surface area (Å²) >= 11 is 0. The van der Waals surface area contributed by atoms with E-state index in [9.17, 15) is 0 Å². The van der Waals surface area contributed by atoms with E-state index in [2.05, 4.69) is 13.0 Å². The average molecular weight is 177 g/mol. The van der Waals surface area contributed by atoms with Crippen LogP contribution in [0.25, 0.3) is 0 Å². The molecular formula is C11H15NO. The van der Waals surface area contributed by atoms with Crippen molar-refractivity contribution < 1.29 is 4.74 Å². The van der Waals surface area contributed by atoms with Gasteiger partial charge in [0.25, 0.3) is 0 Å². The average Bonchev–Trinajstić information content (AvgIpc) is 2.43. The van der Waals surface area contributed by atoms with Crippen molar-refractivity contribution in [3.05, 3.63) is 29.3 Å². The van der Waals surface area contributed by atoms with E-state index in [1.807, 2.05) is 12.1 Å². The first-order chi connectivity index (χ1) is 6.24. The van der Waals surface area contributed by atoms with Gasteiger partial charge in [0.05, 0.1) is 7.11 Å². The van der Waals surface area contributed by atoms with Crippen molar-refractivity contribution in [3.8, 4) is 5.75 Å². The van der Waals surface area contributed by atoms with Crippen LogP contribution in [0.4, 0.5) is 0 Å². The third-order valence-electron chi connectivity index (χ3n) is 2.89. The van der Waals surface area contributed by atoms with Crippen LogP contribution in [0.15, 0.2) is 18.2 Å². The lowest BCUT2D eigenvalue weighted by atomic mass is 10.0. The molecule has 0 heterocycles. The highest BCUT2D eigenvalue weighted by Gasteiger charge is 2.28. The predicted octanol–water partition coefficient (Wildman–Crippen LogP) is 1.89. The molecule has 0 amide bonds. The molecule has 13 heavy (non-hydrogen) atoms. The fraction of sp³-hybridized carbons (Fsp3) is 0.455. The number of hydrogen-bond acceptors (Lipinski definition) is 2. The summed E-state index contributed by atoms with van der Waals surface area (Å²) in [5, 5.41) is 0. The molecule has 1 aliphatic rings. The minimum atomic E-state index is 0.185. The second-order valence-electron chi connectivity index (χ2n) is 3.74. The summed E-state index contributed by atoms with van der Waals surface area (Å²) in [5.74, 6) is 1.52. The molecule has 1 aliphatic carbocycles. The van der Waals surface area contributed by atoms with Crippen LogP contribution < -0.4 is 10.5 Å². The van der Waals surface area contributed by atoms with Gasteiger partial charge < -0.3 is 10.5 Å². The molecule has 0 saturated carbocycles. The van der Waals surface area contributed by atoms with Crippen molar-refractivity contribution in [2.75, 3.05) is 7.11 Å². The summed E-state index contributed by atoms with van der Waals surface area (Å²) in [6, 6.07) is 6.30. The Morgan fingerprint density at radius 2 is 2.23 bits per heavy atom. The summed E-state index contributed by atoms with van der Waals surface area (Å²) in [4.78, 5) is 0. The third-order valence-corrected chi connectivity index (χ3v) is 2.89. The SMILES string of the molecule is COc1cccc2c1CC(C)C2N. The molecule has 2 atom stereocenters. The van der Waals surface area contributed by atoms with Gasteiger partial charge in [-0.1, -0.05) is 19.1 Å². The number of nitrogens with two attached hydrogens (primary N) is 1. The van der Waals surface area contributed by atoms with Gasteiger partial charge in [-0.3, -0.25) is 0 Å². The molecule has 2 N–H and O–H groups in total. The van der Waals surface area contributed by atoms with Gasteiger partial charge in [-0.05, 0) is 29.5 Å². The van der Waals surface area contributed by atoms with Crippen LogP contribution in [0.5, 0.6) is 5.75 Å². The van der Waals surface area contributed by atoms with Crippen LogP contribution in [-0.2, 0) is 6.42 Å². The molecule has 0 aliphatic heterocycles. The minimum Gasteiger partial charge on any atom is -0.496 e. The highest BCUT2D eigenvalue weighted by atomic mass is 16.5. The Hall–Kier alpha value is -1.02. The Bertz CT molecular complexity index is 322. The lowest BCUT2D eigenvalue weighted by molar-refractivity contribution is 0.408. The number of rotatable bonds is 1. The van der Waals surface area contributed by atoms with E-state index >= 15 is 0 Å². The maximum atomic E-state index is 6.06. The van der Waals surface area contributed by atoms with Gasteiger partial charge in [-0.2, -0.15) is 0 Å². The number of methoxy groups -OCH3 is 1. The van der Waals surface area contributed by atoms with Crippen molar-refractivity contribution >= 4 is 0 Å². The largest absolute Gasteiger partial charge is 0.496 e. The molecule has 2 nitrogen and oxygen atoms in total. The summed E-state index contributed by atoms with van der Waals surface area (Å²) in [7, 11) is 1.71. The molecular weight excluding hydrogens is 162 g/mol. The molecule has 0 spiro atoms. The fourth-order valence-corrected chi connectivity index (χ4v) is 2.06. The molecule has 1 aromatic rings. The van der Waals surface area contributed by atoms with E-state index in [0.29, 0.717) is 5.92 Å². The predicted molar refractivity (Wildman–Crippen MR) is 52.8 cm³/mol. The first-order valence-electron chi connectivity index (χ1n) is 4.65. The van der Waals surface area contributed by atoms with Gasteiger partial charge in [0.15, 0.2) is 0 Å². The highest BCUT2D eigenvalue weighted by molar-refractivity contribution is 5.45. The third kappa shape index (κ3) is 1.22. The topological polar surface area (TPSA) is 35.2 Å². The molecule has 70 valence electrons. The molecule has 0 radical (unpaired) electrons. The van der Waals surface area contributed by atoms with Crippen LogP contribution in [0.1, 0.15) is 24.1 Å². The number of benzene rings is 1. The van der Waals surface area contributed by atoms with E-state index in [1.165, 1.54) is 11.1 Å². The second-order valence-corrected chi connectivity index (χ2v) is 3.74. The molecule has 0 aromatic heterocycles. The summed E-state index contributed by atoms with van der Waals surface area (Å²) in [5.41, 5.74) is 8.61. The first-order valence-corrected chi connectivity index (χ1v) is 4.65. The lowest BCUT2D eigenvalue weighted by Crippen LogP contribution is -2.13. The Balaban J connectivity index is 2.49. The van der Waals surface area contributed by atoms with E-state index in [4.69, 9.17) is 10.5 Å². The maximum Gasteiger partial charge on any atom is 0.122 e.